The first kappa shape index (κ1) is 12.3. The smallest absolute Gasteiger partial charge is 0.336 e. The van der Waals surface area contributed by atoms with Gasteiger partial charge in [0.1, 0.15) is 5.82 Å². The summed E-state index contributed by atoms with van der Waals surface area (Å²) in [5.74, 6) is -1.70. The van der Waals surface area contributed by atoms with Crippen LogP contribution in [0, 0.1) is 12.7 Å². The lowest BCUT2D eigenvalue weighted by Gasteiger charge is -2.06. The van der Waals surface area contributed by atoms with Gasteiger partial charge in [-0.05, 0) is 31.5 Å². The summed E-state index contributed by atoms with van der Waals surface area (Å²) in [6, 6.07) is 3.76. The molecule has 0 aliphatic rings. The lowest BCUT2D eigenvalue weighted by Crippen LogP contribution is -2.02. The molecular weight excluding hydrogens is 235 g/mol. The Labute approximate surface area is 104 Å². The van der Waals surface area contributed by atoms with E-state index in [2.05, 4.69) is 5.10 Å². The van der Waals surface area contributed by atoms with E-state index in [1.807, 2.05) is 13.8 Å². The number of carboxylic acids is 1. The van der Waals surface area contributed by atoms with Gasteiger partial charge in [-0.3, -0.25) is 4.68 Å². The van der Waals surface area contributed by atoms with E-state index in [9.17, 15) is 9.18 Å². The summed E-state index contributed by atoms with van der Waals surface area (Å²) in [4.78, 5) is 11.1. The van der Waals surface area contributed by atoms with E-state index >= 15 is 0 Å². The maximum Gasteiger partial charge on any atom is 0.336 e. The van der Waals surface area contributed by atoms with Crippen LogP contribution in [0.5, 0.6) is 0 Å². The first-order valence-corrected chi connectivity index (χ1v) is 5.60. The average Bonchev–Trinajstić information content (AvgIpc) is 2.70. The summed E-state index contributed by atoms with van der Waals surface area (Å²) >= 11 is 0. The lowest BCUT2D eigenvalue weighted by molar-refractivity contribution is 0.0697. The standard InChI is InChI=1S/C13H13FN2O2/c1-3-16-8(2)12(7-15-16)10-5-4-9(14)6-11(10)13(17)18/h4-7H,3H2,1-2H3,(H,17,18). The minimum absolute atomic E-state index is 0.0475. The number of hydrogen-bond donors (Lipinski definition) is 1. The number of aryl methyl sites for hydroxylation is 1. The molecule has 0 radical (unpaired) electrons. The fraction of sp³-hybridized carbons (Fsp3) is 0.231. The highest BCUT2D eigenvalue weighted by molar-refractivity contribution is 5.96. The molecular formula is C13H13FN2O2. The quantitative estimate of drug-likeness (QED) is 0.908. The van der Waals surface area contributed by atoms with Crippen molar-refractivity contribution in [1.29, 1.82) is 0 Å². The molecule has 4 nitrogen and oxygen atoms in total. The number of nitrogens with zero attached hydrogens (tertiary/aromatic N) is 2. The molecule has 94 valence electrons. The Bertz CT molecular complexity index is 605. The molecule has 0 saturated heterocycles. The molecule has 0 spiro atoms. The van der Waals surface area contributed by atoms with Gasteiger partial charge in [0, 0.05) is 17.8 Å². The maximum atomic E-state index is 13.1. The predicted octanol–water partition coefficient (Wildman–Crippen LogP) is 2.72. The lowest BCUT2D eigenvalue weighted by atomic mass is 10.0. The Balaban J connectivity index is 2.63. The molecule has 1 aromatic carbocycles. The molecule has 0 aliphatic carbocycles. The van der Waals surface area contributed by atoms with E-state index in [1.165, 1.54) is 12.1 Å². The first-order valence-electron chi connectivity index (χ1n) is 5.60. The van der Waals surface area contributed by atoms with Crippen LogP contribution in [0.25, 0.3) is 11.1 Å². The van der Waals surface area contributed by atoms with Gasteiger partial charge < -0.3 is 5.11 Å². The third kappa shape index (κ3) is 1.99. The summed E-state index contributed by atoms with van der Waals surface area (Å²) in [5.41, 5.74) is 2.02. The molecule has 0 saturated carbocycles. The van der Waals surface area contributed by atoms with Crippen molar-refractivity contribution in [3.8, 4) is 11.1 Å². The van der Waals surface area contributed by atoms with E-state index in [0.29, 0.717) is 17.7 Å². The van der Waals surface area contributed by atoms with Crippen molar-refractivity contribution >= 4 is 5.97 Å². The van der Waals surface area contributed by atoms with Crippen LogP contribution in [0.3, 0.4) is 0 Å². The molecule has 0 unspecified atom stereocenters. The van der Waals surface area contributed by atoms with Crippen LogP contribution in [-0.4, -0.2) is 20.9 Å². The highest BCUT2D eigenvalue weighted by Gasteiger charge is 2.16. The van der Waals surface area contributed by atoms with Crippen LogP contribution in [0.15, 0.2) is 24.4 Å². The van der Waals surface area contributed by atoms with Crippen LogP contribution >= 0.6 is 0 Å². The molecule has 18 heavy (non-hydrogen) atoms. The average molecular weight is 248 g/mol. The number of halogens is 1. The number of aromatic carboxylic acids is 1. The zero-order valence-electron chi connectivity index (χ0n) is 10.1. The Kier molecular flexibility index (Phi) is 3.14. The Morgan fingerprint density at radius 3 is 2.72 bits per heavy atom. The highest BCUT2D eigenvalue weighted by atomic mass is 19.1. The van der Waals surface area contributed by atoms with Crippen molar-refractivity contribution in [1.82, 2.24) is 9.78 Å². The number of rotatable bonds is 3. The second-order valence-corrected chi connectivity index (χ2v) is 3.95. The molecule has 1 N–H and O–H groups in total. The minimum Gasteiger partial charge on any atom is -0.478 e. The number of aromatic nitrogens is 2. The monoisotopic (exact) mass is 248 g/mol. The Morgan fingerprint density at radius 2 is 2.17 bits per heavy atom. The third-order valence-electron chi connectivity index (χ3n) is 2.90. The van der Waals surface area contributed by atoms with Crippen LogP contribution in [0.1, 0.15) is 23.0 Å². The molecule has 0 amide bonds. The first-order chi connectivity index (χ1) is 8.54. The van der Waals surface area contributed by atoms with Gasteiger partial charge in [0.2, 0.25) is 0 Å². The zero-order chi connectivity index (χ0) is 13.3. The summed E-state index contributed by atoms with van der Waals surface area (Å²) < 4.78 is 14.9. The summed E-state index contributed by atoms with van der Waals surface area (Å²) in [6.07, 6.45) is 1.61. The van der Waals surface area contributed by atoms with Crippen molar-refractivity contribution in [2.24, 2.45) is 0 Å². The third-order valence-corrected chi connectivity index (χ3v) is 2.90. The summed E-state index contributed by atoms with van der Waals surface area (Å²) in [6.45, 7) is 4.52. The van der Waals surface area contributed by atoms with Gasteiger partial charge in [0.15, 0.2) is 0 Å². The minimum atomic E-state index is -1.15. The number of benzene rings is 1. The van der Waals surface area contributed by atoms with Crippen LogP contribution in [0.2, 0.25) is 0 Å². The zero-order valence-corrected chi connectivity index (χ0v) is 10.1. The van der Waals surface area contributed by atoms with E-state index in [1.54, 1.807) is 10.9 Å². The molecule has 0 aliphatic heterocycles. The summed E-state index contributed by atoms with van der Waals surface area (Å²) in [7, 11) is 0. The predicted molar refractivity (Wildman–Crippen MR) is 65.0 cm³/mol. The number of carbonyl (C=O) groups is 1. The number of hydrogen-bond acceptors (Lipinski definition) is 2. The fourth-order valence-corrected chi connectivity index (χ4v) is 1.96. The molecule has 2 aromatic rings. The van der Waals surface area contributed by atoms with Crippen LogP contribution < -0.4 is 0 Å². The normalized spacial score (nSPS) is 10.6. The molecule has 0 bridgehead atoms. The fourth-order valence-electron chi connectivity index (χ4n) is 1.96. The topological polar surface area (TPSA) is 55.1 Å². The van der Waals surface area contributed by atoms with Gasteiger partial charge in [-0.1, -0.05) is 6.07 Å². The van der Waals surface area contributed by atoms with Crippen molar-refractivity contribution in [2.45, 2.75) is 20.4 Å². The second kappa shape index (κ2) is 4.60. The van der Waals surface area contributed by atoms with Crippen molar-refractivity contribution in [3.63, 3.8) is 0 Å². The van der Waals surface area contributed by atoms with E-state index in [0.717, 1.165) is 11.8 Å². The summed E-state index contributed by atoms with van der Waals surface area (Å²) in [5, 5.41) is 13.3. The van der Waals surface area contributed by atoms with E-state index < -0.39 is 11.8 Å². The van der Waals surface area contributed by atoms with Gasteiger partial charge in [-0.25, -0.2) is 9.18 Å². The second-order valence-electron chi connectivity index (χ2n) is 3.95. The maximum absolute atomic E-state index is 13.1. The highest BCUT2D eigenvalue weighted by Crippen LogP contribution is 2.27. The molecule has 0 fully saturated rings. The van der Waals surface area contributed by atoms with Crippen LogP contribution in [0.4, 0.5) is 4.39 Å². The number of carboxylic acid groups (broad SMARTS) is 1. The largest absolute Gasteiger partial charge is 0.478 e. The molecule has 1 heterocycles. The Morgan fingerprint density at radius 1 is 1.44 bits per heavy atom. The molecule has 0 atom stereocenters. The van der Waals surface area contributed by atoms with Crippen molar-refractivity contribution in [3.05, 3.63) is 41.5 Å². The van der Waals surface area contributed by atoms with Gasteiger partial charge in [0.25, 0.3) is 0 Å². The van der Waals surface area contributed by atoms with Crippen molar-refractivity contribution < 1.29 is 14.3 Å². The Hall–Kier alpha value is -2.17. The van der Waals surface area contributed by atoms with E-state index in [-0.39, 0.29) is 5.56 Å². The molecule has 1 aromatic heterocycles. The van der Waals surface area contributed by atoms with Crippen molar-refractivity contribution in [2.75, 3.05) is 0 Å². The van der Waals surface area contributed by atoms with E-state index in [4.69, 9.17) is 5.11 Å². The van der Waals surface area contributed by atoms with Gasteiger partial charge in [0.05, 0.1) is 11.8 Å². The van der Waals surface area contributed by atoms with Gasteiger partial charge >= 0.3 is 5.97 Å². The molecule has 2 rings (SSSR count). The van der Waals surface area contributed by atoms with Gasteiger partial charge in [-0.2, -0.15) is 5.10 Å². The molecule has 5 heteroatoms. The SMILES string of the molecule is CCn1ncc(-c2ccc(F)cc2C(=O)O)c1C. The van der Waals surface area contributed by atoms with Gasteiger partial charge in [-0.15, -0.1) is 0 Å². The van der Waals surface area contributed by atoms with Crippen LogP contribution in [-0.2, 0) is 6.54 Å².